The van der Waals surface area contributed by atoms with E-state index in [2.05, 4.69) is 17.5 Å². The van der Waals surface area contributed by atoms with E-state index in [0.29, 0.717) is 0 Å². The molecule has 0 spiro atoms. The van der Waals surface area contributed by atoms with Crippen LogP contribution in [0.1, 0.15) is 110 Å². The van der Waals surface area contributed by atoms with Gasteiger partial charge in [-0.15, -0.1) is 5.10 Å². The average Bonchev–Trinajstić information content (AvgIpc) is 2.53. The number of hydrazone groups is 1. The van der Waals surface area contributed by atoms with Crippen LogP contribution in [0.15, 0.2) is 5.10 Å². The summed E-state index contributed by atoms with van der Waals surface area (Å²) in [5, 5.41) is 3.75. The Morgan fingerprint density at radius 3 is 1.30 bits per heavy atom. The molecule has 0 aromatic heterocycles. The number of guanidine groups is 1. The van der Waals surface area contributed by atoms with Gasteiger partial charge in [0.15, 0.2) is 0 Å². The SMILES string of the molecule is CCCCCCCCCCCCCCCCCCNN=C(N)N. The van der Waals surface area contributed by atoms with Crippen molar-refractivity contribution < 1.29 is 0 Å². The van der Waals surface area contributed by atoms with Gasteiger partial charge >= 0.3 is 0 Å². The third-order valence-corrected chi connectivity index (χ3v) is 4.35. The summed E-state index contributed by atoms with van der Waals surface area (Å²) >= 11 is 0. The van der Waals surface area contributed by atoms with Gasteiger partial charge in [-0.1, -0.05) is 103 Å². The van der Waals surface area contributed by atoms with Crippen molar-refractivity contribution in [3.05, 3.63) is 0 Å². The van der Waals surface area contributed by atoms with E-state index >= 15 is 0 Å². The summed E-state index contributed by atoms with van der Waals surface area (Å²) in [4.78, 5) is 0. The van der Waals surface area contributed by atoms with Gasteiger partial charge in [-0.05, 0) is 6.42 Å². The maximum absolute atomic E-state index is 5.23. The molecule has 0 atom stereocenters. The molecule has 0 aliphatic carbocycles. The number of nitrogens with one attached hydrogen (secondary N) is 1. The van der Waals surface area contributed by atoms with Gasteiger partial charge in [-0.25, -0.2) is 0 Å². The Kier molecular flexibility index (Phi) is 18.3. The van der Waals surface area contributed by atoms with Crippen LogP contribution >= 0.6 is 0 Å². The molecular weight excluding hydrogens is 284 g/mol. The minimum Gasteiger partial charge on any atom is -0.369 e. The highest BCUT2D eigenvalue weighted by Crippen LogP contribution is 2.13. The van der Waals surface area contributed by atoms with Crippen molar-refractivity contribution in [2.75, 3.05) is 6.54 Å². The first-order valence-corrected chi connectivity index (χ1v) is 10.1. The quantitative estimate of drug-likeness (QED) is 0.143. The Balaban J connectivity index is 2.99. The highest BCUT2D eigenvalue weighted by molar-refractivity contribution is 5.75. The van der Waals surface area contributed by atoms with Crippen molar-refractivity contribution in [1.29, 1.82) is 0 Å². The number of hydrogen-bond acceptors (Lipinski definition) is 2. The molecule has 0 aliphatic heterocycles. The van der Waals surface area contributed by atoms with Crippen LogP contribution in [0.2, 0.25) is 0 Å². The van der Waals surface area contributed by atoms with E-state index in [1.54, 1.807) is 0 Å². The van der Waals surface area contributed by atoms with E-state index < -0.39 is 0 Å². The van der Waals surface area contributed by atoms with Crippen LogP contribution in [0.5, 0.6) is 0 Å². The molecule has 0 aliphatic rings. The zero-order valence-corrected chi connectivity index (χ0v) is 15.6. The summed E-state index contributed by atoms with van der Waals surface area (Å²) in [5.41, 5.74) is 13.3. The lowest BCUT2D eigenvalue weighted by Gasteiger charge is -2.04. The van der Waals surface area contributed by atoms with Gasteiger partial charge in [0.25, 0.3) is 0 Å². The van der Waals surface area contributed by atoms with E-state index in [-0.39, 0.29) is 5.96 Å². The van der Waals surface area contributed by atoms with Crippen LogP contribution in [0.25, 0.3) is 0 Å². The van der Waals surface area contributed by atoms with Gasteiger partial charge in [0, 0.05) is 6.54 Å². The van der Waals surface area contributed by atoms with Crippen molar-refractivity contribution >= 4 is 5.96 Å². The van der Waals surface area contributed by atoms with Gasteiger partial charge in [0.1, 0.15) is 0 Å². The van der Waals surface area contributed by atoms with E-state index in [0.717, 1.165) is 13.0 Å². The molecule has 0 aromatic carbocycles. The normalized spacial score (nSPS) is 10.7. The lowest BCUT2D eigenvalue weighted by Crippen LogP contribution is -2.26. The van der Waals surface area contributed by atoms with Crippen LogP contribution in [0, 0.1) is 0 Å². The molecule has 0 rings (SSSR count). The largest absolute Gasteiger partial charge is 0.369 e. The molecule has 138 valence electrons. The second-order valence-electron chi connectivity index (χ2n) is 6.75. The maximum atomic E-state index is 5.23. The molecule has 0 fully saturated rings. The van der Waals surface area contributed by atoms with Gasteiger partial charge in [0.05, 0.1) is 0 Å². The molecule has 0 heterocycles. The van der Waals surface area contributed by atoms with Crippen molar-refractivity contribution in [2.45, 2.75) is 110 Å². The third kappa shape index (κ3) is 21.1. The van der Waals surface area contributed by atoms with Crippen LogP contribution in [-0.4, -0.2) is 12.5 Å². The maximum Gasteiger partial charge on any atom is 0.208 e. The Morgan fingerprint density at radius 1 is 0.609 bits per heavy atom. The van der Waals surface area contributed by atoms with E-state index in [1.165, 1.54) is 96.3 Å². The molecule has 0 aromatic rings. The standard InChI is InChI=1S/C19H42N4/c1-2-3-4-5-6-7-8-9-10-11-12-13-14-15-16-17-18-22-23-19(20)21/h22H,2-18H2,1H3,(H4,20,21,23). The number of nitrogens with zero attached hydrogens (tertiary/aromatic N) is 1. The molecule has 5 N–H and O–H groups in total. The summed E-state index contributed by atoms with van der Waals surface area (Å²) in [6.07, 6.45) is 22.3. The zero-order valence-electron chi connectivity index (χ0n) is 15.6. The first kappa shape index (κ1) is 22.1. The smallest absolute Gasteiger partial charge is 0.208 e. The van der Waals surface area contributed by atoms with Gasteiger partial charge in [-0.3, -0.25) is 0 Å². The molecule has 0 unspecified atom stereocenters. The van der Waals surface area contributed by atoms with Crippen LogP contribution in [0.3, 0.4) is 0 Å². The first-order chi connectivity index (χ1) is 11.3. The molecule has 0 radical (unpaired) electrons. The van der Waals surface area contributed by atoms with E-state index in [4.69, 9.17) is 11.5 Å². The summed E-state index contributed by atoms with van der Waals surface area (Å²) < 4.78 is 0. The predicted molar refractivity (Wildman–Crippen MR) is 103 cm³/mol. The van der Waals surface area contributed by atoms with E-state index in [1.807, 2.05) is 0 Å². The fraction of sp³-hybridized carbons (Fsp3) is 0.947. The summed E-state index contributed by atoms with van der Waals surface area (Å²) in [5.74, 6) is 0.112. The molecule has 0 bridgehead atoms. The van der Waals surface area contributed by atoms with Gasteiger partial charge < -0.3 is 16.9 Å². The van der Waals surface area contributed by atoms with Crippen LogP contribution in [-0.2, 0) is 0 Å². The number of nitrogens with two attached hydrogens (primary N) is 2. The molecule has 0 saturated carbocycles. The Labute approximate surface area is 144 Å². The number of rotatable bonds is 18. The predicted octanol–water partition coefficient (Wildman–Crippen LogP) is 5.03. The zero-order chi connectivity index (χ0) is 17.0. The topological polar surface area (TPSA) is 76.4 Å². The summed E-state index contributed by atoms with van der Waals surface area (Å²) in [7, 11) is 0. The summed E-state index contributed by atoms with van der Waals surface area (Å²) in [6.45, 7) is 3.16. The number of hydrogen-bond donors (Lipinski definition) is 3. The van der Waals surface area contributed by atoms with E-state index in [9.17, 15) is 0 Å². The molecule has 23 heavy (non-hydrogen) atoms. The van der Waals surface area contributed by atoms with Crippen molar-refractivity contribution in [3.8, 4) is 0 Å². The second kappa shape index (κ2) is 19.1. The second-order valence-corrected chi connectivity index (χ2v) is 6.75. The lowest BCUT2D eigenvalue weighted by atomic mass is 10.0. The fourth-order valence-corrected chi connectivity index (χ4v) is 2.90. The first-order valence-electron chi connectivity index (χ1n) is 10.1. The monoisotopic (exact) mass is 326 g/mol. The summed E-state index contributed by atoms with van der Waals surface area (Å²) in [6, 6.07) is 0. The highest BCUT2D eigenvalue weighted by atomic mass is 15.3. The Bertz CT molecular complexity index is 250. The van der Waals surface area contributed by atoms with Crippen molar-refractivity contribution in [2.24, 2.45) is 16.6 Å². The van der Waals surface area contributed by atoms with Crippen LogP contribution < -0.4 is 16.9 Å². The minimum absolute atomic E-state index is 0.112. The molecule has 4 nitrogen and oxygen atoms in total. The third-order valence-electron chi connectivity index (χ3n) is 4.35. The molecule has 4 heteroatoms. The molecule has 0 saturated heterocycles. The van der Waals surface area contributed by atoms with Crippen molar-refractivity contribution in [1.82, 2.24) is 5.43 Å². The van der Waals surface area contributed by atoms with Crippen molar-refractivity contribution in [3.63, 3.8) is 0 Å². The number of unbranched alkanes of at least 4 members (excludes halogenated alkanes) is 15. The Morgan fingerprint density at radius 2 is 0.957 bits per heavy atom. The van der Waals surface area contributed by atoms with Gasteiger partial charge in [-0.2, -0.15) is 0 Å². The average molecular weight is 327 g/mol. The molecule has 0 amide bonds. The highest BCUT2D eigenvalue weighted by Gasteiger charge is 1.94. The molecular formula is C19H42N4. The fourth-order valence-electron chi connectivity index (χ4n) is 2.90. The van der Waals surface area contributed by atoms with Crippen LogP contribution in [0.4, 0.5) is 0 Å². The van der Waals surface area contributed by atoms with Gasteiger partial charge in [0.2, 0.25) is 5.96 Å². The Hall–Kier alpha value is -0.930. The minimum atomic E-state index is 0.112. The lowest BCUT2D eigenvalue weighted by molar-refractivity contribution is 0.526.